The molecular formula is C29H34N6O2. The lowest BCUT2D eigenvalue weighted by Crippen LogP contribution is -2.46. The van der Waals surface area contributed by atoms with Gasteiger partial charge in [-0.1, -0.05) is 0 Å². The molecule has 5 rings (SSSR count). The minimum atomic E-state index is -0.217. The van der Waals surface area contributed by atoms with Crippen LogP contribution in [0.3, 0.4) is 0 Å². The second-order valence-corrected chi connectivity index (χ2v) is 9.75. The average Bonchev–Trinajstić information content (AvgIpc) is 3.49. The molecule has 4 aromatic rings. The highest BCUT2D eigenvalue weighted by molar-refractivity contribution is 5.99. The van der Waals surface area contributed by atoms with Crippen LogP contribution < -0.4 is 16.0 Å². The molecule has 8 nitrogen and oxygen atoms in total. The van der Waals surface area contributed by atoms with E-state index in [4.69, 9.17) is 10.2 Å². The molecule has 4 N–H and O–H groups in total. The summed E-state index contributed by atoms with van der Waals surface area (Å²) in [5, 5.41) is 14.1. The van der Waals surface area contributed by atoms with Gasteiger partial charge in [0.1, 0.15) is 5.58 Å². The van der Waals surface area contributed by atoms with Crippen LogP contribution in [0.4, 0.5) is 5.69 Å². The summed E-state index contributed by atoms with van der Waals surface area (Å²) in [7, 11) is 0. The molecule has 8 heteroatoms. The number of unbranched alkanes of at least 4 members (excludes halogenated alkanes) is 1. The number of nitrogens with two attached hydrogens (primary N) is 1. The normalized spacial score (nSPS) is 14.4. The van der Waals surface area contributed by atoms with Crippen LogP contribution in [0.5, 0.6) is 0 Å². The number of piperazine rings is 1. The van der Waals surface area contributed by atoms with Gasteiger partial charge in [-0.05, 0) is 74.7 Å². The lowest BCUT2D eigenvalue weighted by atomic mass is 10.0. The van der Waals surface area contributed by atoms with Gasteiger partial charge < -0.3 is 25.4 Å². The number of hydrogen-bond donors (Lipinski definition) is 3. The molecule has 0 spiro atoms. The molecule has 0 atom stereocenters. The van der Waals surface area contributed by atoms with Crippen molar-refractivity contribution in [2.24, 2.45) is 5.73 Å². The number of H-pyrrole nitrogens is 1. The van der Waals surface area contributed by atoms with E-state index in [1.165, 1.54) is 16.6 Å². The minimum absolute atomic E-state index is 0.217. The Labute approximate surface area is 217 Å². The summed E-state index contributed by atoms with van der Waals surface area (Å²) in [5.74, 6) is 0.148. The van der Waals surface area contributed by atoms with Crippen LogP contribution >= 0.6 is 0 Å². The molecule has 1 fully saturated rings. The molecule has 2 aromatic heterocycles. The molecule has 192 valence electrons. The van der Waals surface area contributed by atoms with E-state index in [1.807, 2.05) is 31.2 Å². The third-order valence-electron chi connectivity index (χ3n) is 7.36. The van der Waals surface area contributed by atoms with Gasteiger partial charge in [0, 0.05) is 73.0 Å². The molecule has 0 saturated carbocycles. The van der Waals surface area contributed by atoms with Crippen molar-refractivity contribution in [1.82, 2.24) is 15.2 Å². The van der Waals surface area contributed by atoms with E-state index >= 15 is 0 Å². The Morgan fingerprint density at radius 3 is 2.76 bits per heavy atom. The van der Waals surface area contributed by atoms with Crippen LogP contribution in [0.1, 0.15) is 40.1 Å². The second kappa shape index (κ2) is 11.1. The third-order valence-corrected chi connectivity index (χ3v) is 7.36. The molecule has 0 aliphatic carbocycles. The molecule has 0 unspecified atom stereocenters. The number of furan rings is 1. The SMILES string of the molecule is Cc1c(C(=O)NCCN)oc2ccc(N3CCN(CCCCc4c[nH]c5ccc(C#N)cc45)CC3)cc12. The van der Waals surface area contributed by atoms with Crippen molar-refractivity contribution in [3.63, 3.8) is 0 Å². The topological polar surface area (TPSA) is 114 Å². The number of nitriles is 1. The number of carbonyl (C=O) groups excluding carboxylic acids is 1. The Bertz CT molecular complexity index is 1440. The fourth-order valence-electron chi connectivity index (χ4n) is 5.22. The summed E-state index contributed by atoms with van der Waals surface area (Å²) in [4.78, 5) is 20.7. The Hall–Kier alpha value is -3.80. The van der Waals surface area contributed by atoms with E-state index in [2.05, 4.69) is 44.5 Å². The van der Waals surface area contributed by atoms with E-state index in [0.29, 0.717) is 24.4 Å². The van der Waals surface area contributed by atoms with E-state index in [0.717, 1.165) is 74.0 Å². The van der Waals surface area contributed by atoms with Crippen molar-refractivity contribution in [3.8, 4) is 6.07 Å². The number of amides is 1. The predicted octanol–water partition coefficient (Wildman–Crippen LogP) is 3.93. The van der Waals surface area contributed by atoms with Gasteiger partial charge in [0.05, 0.1) is 11.6 Å². The molecule has 1 amide bonds. The van der Waals surface area contributed by atoms with Crippen molar-refractivity contribution in [2.75, 3.05) is 50.7 Å². The van der Waals surface area contributed by atoms with Gasteiger partial charge in [0.2, 0.25) is 0 Å². The highest BCUT2D eigenvalue weighted by Gasteiger charge is 2.21. The average molecular weight is 499 g/mol. The molecule has 1 saturated heterocycles. The fourth-order valence-corrected chi connectivity index (χ4v) is 5.22. The maximum absolute atomic E-state index is 12.4. The van der Waals surface area contributed by atoms with Crippen molar-refractivity contribution < 1.29 is 9.21 Å². The fraction of sp³-hybridized carbons (Fsp3) is 0.379. The van der Waals surface area contributed by atoms with Crippen LogP contribution in [0.2, 0.25) is 0 Å². The Morgan fingerprint density at radius 1 is 1.14 bits per heavy atom. The maximum atomic E-state index is 12.4. The smallest absolute Gasteiger partial charge is 0.287 e. The molecule has 1 aliphatic heterocycles. The number of carbonyl (C=O) groups is 1. The highest BCUT2D eigenvalue weighted by atomic mass is 16.3. The molecule has 3 heterocycles. The number of anilines is 1. The van der Waals surface area contributed by atoms with Gasteiger partial charge in [-0.15, -0.1) is 0 Å². The summed E-state index contributed by atoms with van der Waals surface area (Å²) in [5.41, 5.74) is 11.4. The van der Waals surface area contributed by atoms with Crippen LogP contribution in [0.15, 0.2) is 47.0 Å². The quantitative estimate of drug-likeness (QED) is 0.301. The van der Waals surface area contributed by atoms with Crippen LogP contribution in [0.25, 0.3) is 21.9 Å². The van der Waals surface area contributed by atoms with E-state index < -0.39 is 0 Å². The summed E-state index contributed by atoms with van der Waals surface area (Å²) in [6.45, 7) is 7.88. The van der Waals surface area contributed by atoms with Crippen LogP contribution in [-0.4, -0.2) is 61.6 Å². The lowest BCUT2D eigenvalue weighted by Gasteiger charge is -2.36. The zero-order valence-electron chi connectivity index (χ0n) is 21.3. The van der Waals surface area contributed by atoms with Crippen molar-refractivity contribution in [1.29, 1.82) is 5.26 Å². The Balaban J connectivity index is 1.12. The first kappa shape index (κ1) is 24.9. The predicted molar refractivity (Wildman–Crippen MR) is 147 cm³/mol. The van der Waals surface area contributed by atoms with Crippen LogP contribution in [-0.2, 0) is 6.42 Å². The molecule has 37 heavy (non-hydrogen) atoms. The first-order chi connectivity index (χ1) is 18.1. The Kier molecular flexibility index (Phi) is 7.45. The molecule has 0 radical (unpaired) electrons. The molecule has 2 aromatic carbocycles. The van der Waals surface area contributed by atoms with Gasteiger partial charge in [0.15, 0.2) is 5.76 Å². The van der Waals surface area contributed by atoms with E-state index in [-0.39, 0.29) is 5.91 Å². The zero-order chi connectivity index (χ0) is 25.8. The van der Waals surface area contributed by atoms with Crippen molar-refractivity contribution >= 4 is 33.5 Å². The third kappa shape index (κ3) is 5.33. The number of aromatic amines is 1. The number of aryl methyl sites for hydroxylation is 2. The number of fused-ring (bicyclic) bond motifs is 2. The van der Waals surface area contributed by atoms with Crippen molar-refractivity contribution in [2.45, 2.75) is 26.2 Å². The van der Waals surface area contributed by atoms with E-state index in [9.17, 15) is 10.1 Å². The summed E-state index contributed by atoms with van der Waals surface area (Å²) >= 11 is 0. The van der Waals surface area contributed by atoms with Gasteiger partial charge >= 0.3 is 0 Å². The van der Waals surface area contributed by atoms with Crippen LogP contribution in [0, 0.1) is 18.3 Å². The molecular weight excluding hydrogens is 464 g/mol. The highest BCUT2D eigenvalue weighted by Crippen LogP contribution is 2.30. The minimum Gasteiger partial charge on any atom is -0.451 e. The van der Waals surface area contributed by atoms with Crippen molar-refractivity contribution in [3.05, 3.63) is 65.0 Å². The van der Waals surface area contributed by atoms with Gasteiger partial charge in [-0.2, -0.15) is 5.26 Å². The number of hydrogen-bond acceptors (Lipinski definition) is 6. The van der Waals surface area contributed by atoms with Gasteiger partial charge in [0.25, 0.3) is 5.91 Å². The largest absolute Gasteiger partial charge is 0.451 e. The van der Waals surface area contributed by atoms with Gasteiger partial charge in [-0.25, -0.2) is 0 Å². The first-order valence-electron chi connectivity index (χ1n) is 13.1. The number of aromatic nitrogens is 1. The van der Waals surface area contributed by atoms with E-state index in [1.54, 1.807) is 0 Å². The van der Waals surface area contributed by atoms with Gasteiger partial charge in [-0.3, -0.25) is 9.69 Å². The lowest BCUT2D eigenvalue weighted by molar-refractivity contribution is 0.0928. The Morgan fingerprint density at radius 2 is 1.97 bits per heavy atom. The first-order valence-corrected chi connectivity index (χ1v) is 13.1. The number of nitrogens with zero attached hydrogens (tertiary/aromatic N) is 3. The summed E-state index contributed by atoms with van der Waals surface area (Å²) in [6, 6.07) is 14.3. The zero-order valence-corrected chi connectivity index (χ0v) is 21.3. The summed E-state index contributed by atoms with van der Waals surface area (Å²) < 4.78 is 5.84. The number of benzene rings is 2. The number of nitrogens with one attached hydrogen (secondary N) is 2. The maximum Gasteiger partial charge on any atom is 0.287 e. The second-order valence-electron chi connectivity index (χ2n) is 9.75. The number of rotatable bonds is 9. The summed E-state index contributed by atoms with van der Waals surface area (Å²) in [6.07, 6.45) is 5.38. The standard InChI is InChI=1S/C29H34N6O2/c1-20-24-17-23(6-8-27(24)37-28(20)29(36)32-10-9-30)35-14-12-34(13-15-35)11-3-2-4-22-19-33-26-7-5-21(18-31)16-25(22)26/h5-8,16-17,19,33H,2-4,9-15,30H2,1H3,(H,32,36). The molecule has 1 aliphatic rings. The molecule has 0 bridgehead atoms. The monoisotopic (exact) mass is 498 g/mol.